The normalized spacial score (nSPS) is 14.8. The summed E-state index contributed by atoms with van der Waals surface area (Å²) < 4.78 is 11.0. The minimum absolute atomic E-state index is 0.258. The molecule has 0 heterocycles. The molecule has 0 bridgehead atoms. The standard InChI is InChI=1S/C9H17O3P/c1-4-7-8(5-2)9(6-3)13(10,11)12/h4,7H,5-6H2,1-3H3,(H2,10,11,12). The van der Waals surface area contributed by atoms with Crippen LogP contribution in [0.25, 0.3) is 0 Å². The summed E-state index contributed by atoms with van der Waals surface area (Å²) in [4.78, 5) is 18.0. The van der Waals surface area contributed by atoms with Crippen molar-refractivity contribution in [3.8, 4) is 0 Å². The van der Waals surface area contributed by atoms with Crippen molar-refractivity contribution in [2.24, 2.45) is 0 Å². The molecule has 3 nitrogen and oxygen atoms in total. The fourth-order valence-corrected chi connectivity index (χ4v) is 2.26. The SMILES string of the molecule is CC=CC(CC)=C(CC)P(=O)(O)O. The third-order valence-electron chi connectivity index (χ3n) is 1.81. The van der Waals surface area contributed by atoms with Crippen molar-refractivity contribution in [2.75, 3.05) is 0 Å². The highest BCUT2D eigenvalue weighted by Gasteiger charge is 2.21. The van der Waals surface area contributed by atoms with Gasteiger partial charge in [0.05, 0.1) is 0 Å². The van der Waals surface area contributed by atoms with Crippen LogP contribution in [0.1, 0.15) is 33.6 Å². The molecule has 0 spiro atoms. The third kappa shape index (κ3) is 3.90. The van der Waals surface area contributed by atoms with Crippen molar-refractivity contribution in [2.45, 2.75) is 33.6 Å². The zero-order valence-corrected chi connectivity index (χ0v) is 9.21. The predicted octanol–water partition coefficient (Wildman–Crippen LogP) is 2.81. The van der Waals surface area contributed by atoms with Crippen molar-refractivity contribution in [1.29, 1.82) is 0 Å². The van der Waals surface area contributed by atoms with Crippen LogP contribution in [0.4, 0.5) is 0 Å². The molecular formula is C9H17O3P. The van der Waals surface area contributed by atoms with Crippen LogP contribution in [0.3, 0.4) is 0 Å². The maximum absolute atomic E-state index is 11.0. The lowest BCUT2D eigenvalue weighted by Gasteiger charge is -2.10. The Balaban J connectivity index is 5.18. The summed E-state index contributed by atoms with van der Waals surface area (Å²) in [6, 6.07) is 0. The summed E-state index contributed by atoms with van der Waals surface area (Å²) in [5, 5.41) is 0.258. The summed E-state index contributed by atoms with van der Waals surface area (Å²) in [6.07, 6.45) is 4.61. The van der Waals surface area contributed by atoms with Gasteiger partial charge in [0.15, 0.2) is 0 Å². The van der Waals surface area contributed by atoms with Crippen molar-refractivity contribution >= 4 is 7.60 Å². The lowest BCUT2D eigenvalue weighted by molar-refractivity contribution is 0.380. The first-order valence-corrected chi connectivity index (χ1v) is 5.99. The Labute approximate surface area is 79.3 Å². The molecule has 4 heteroatoms. The van der Waals surface area contributed by atoms with Crippen LogP contribution in [0.2, 0.25) is 0 Å². The summed E-state index contributed by atoms with van der Waals surface area (Å²) in [5.74, 6) is 0. The molecule has 0 fully saturated rings. The minimum Gasteiger partial charge on any atom is -0.321 e. The van der Waals surface area contributed by atoms with E-state index in [9.17, 15) is 4.57 Å². The highest BCUT2D eigenvalue weighted by atomic mass is 31.2. The van der Waals surface area contributed by atoms with Gasteiger partial charge in [-0.15, -0.1) is 0 Å². The van der Waals surface area contributed by atoms with Gasteiger partial charge >= 0.3 is 7.60 Å². The minimum atomic E-state index is -4.05. The molecular weight excluding hydrogens is 187 g/mol. The average molecular weight is 204 g/mol. The van der Waals surface area contributed by atoms with Crippen LogP contribution in [-0.4, -0.2) is 9.79 Å². The maximum Gasteiger partial charge on any atom is 0.352 e. The lowest BCUT2D eigenvalue weighted by atomic mass is 10.1. The van der Waals surface area contributed by atoms with Gasteiger partial charge in [0, 0.05) is 5.31 Å². The van der Waals surface area contributed by atoms with Crippen LogP contribution >= 0.6 is 7.60 Å². The third-order valence-corrected chi connectivity index (χ3v) is 3.11. The fourth-order valence-electron chi connectivity index (χ4n) is 1.24. The molecule has 0 aliphatic heterocycles. The smallest absolute Gasteiger partial charge is 0.321 e. The van der Waals surface area contributed by atoms with E-state index in [1.165, 1.54) is 0 Å². The van der Waals surface area contributed by atoms with E-state index in [1.54, 1.807) is 19.1 Å². The highest BCUT2D eigenvalue weighted by Crippen LogP contribution is 2.48. The van der Waals surface area contributed by atoms with Crippen molar-refractivity contribution in [3.05, 3.63) is 23.0 Å². The zero-order valence-electron chi connectivity index (χ0n) is 8.32. The Bertz CT molecular complexity index is 260. The van der Waals surface area contributed by atoms with Gasteiger partial charge in [-0.1, -0.05) is 26.0 Å². The van der Waals surface area contributed by atoms with Crippen LogP contribution in [-0.2, 0) is 4.57 Å². The second kappa shape index (κ2) is 5.38. The second-order valence-electron chi connectivity index (χ2n) is 2.72. The first-order valence-electron chi connectivity index (χ1n) is 4.38. The first-order chi connectivity index (χ1) is 5.97. The van der Waals surface area contributed by atoms with Crippen molar-refractivity contribution in [3.63, 3.8) is 0 Å². The van der Waals surface area contributed by atoms with Gasteiger partial charge in [-0.3, -0.25) is 4.57 Å². The molecule has 76 valence electrons. The highest BCUT2D eigenvalue weighted by molar-refractivity contribution is 7.56. The Hall–Kier alpha value is -0.370. The summed E-state index contributed by atoms with van der Waals surface area (Å²) in [7, 11) is -4.05. The molecule has 0 aromatic heterocycles. The Morgan fingerprint density at radius 3 is 2.08 bits per heavy atom. The molecule has 0 saturated heterocycles. The van der Waals surface area contributed by atoms with Gasteiger partial charge < -0.3 is 9.79 Å². The number of hydrogen-bond acceptors (Lipinski definition) is 1. The van der Waals surface area contributed by atoms with E-state index in [4.69, 9.17) is 9.79 Å². The average Bonchev–Trinajstić information content (AvgIpc) is 2.01. The van der Waals surface area contributed by atoms with Gasteiger partial charge in [-0.25, -0.2) is 0 Å². The molecule has 0 saturated carbocycles. The van der Waals surface area contributed by atoms with E-state index < -0.39 is 7.60 Å². The van der Waals surface area contributed by atoms with E-state index in [2.05, 4.69) is 0 Å². The Morgan fingerprint density at radius 2 is 1.85 bits per heavy atom. The molecule has 0 aliphatic carbocycles. The van der Waals surface area contributed by atoms with Crippen LogP contribution < -0.4 is 0 Å². The molecule has 0 unspecified atom stereocenters. The molecule has 0 atom stereocenters. The van der Waals surface area contributed by atoms with Gasteiger partial charge in [0.25, 0.3) is 0 Å². The van der Waals surface area contributed by atoms with Crippen molar-refractivity contribution in [1.82, 2.24) is 0 Å². The van der Waals surface area contributed by atoms with Crippen LogP contribution in [0.15, 0.2) is 23.0 Å². The molecule has 0 radical (unpaired) electrons. The lowest BCUT2D eigenvalue weighted by Crippen LogP contribution is -1.90. The molecule has 0 aromatic carbocycles. The molecule has 0 amide bonds. The molecule has 13 heavy (non-hydrogen) atoms. The van der Waals surface area contributed by atoms with Gasteiger partial charge in [0.2, 0.25) is 0 Å². The topological polar surface area (TPSA) is 57.5 Å². The summed E-state index contributed by atoms with van der Waals surface area (Å²) in [5.41, 5.74) is 0.748. The second-order valence-corrected chi connectivity index (χ2v) is 4.35. The monoisotopic (exact) mass is 204 g/mol. The number of rotatable bonds is 4. The summed E-state index contributed by atoms with van der Waals surface area (Å²) >= 11 is 0. The molecule has 0 aliphatic rings. The Kier molecular flexibility index (Phi) is 5.23. The van der Waals surface area contributed by atoms with E-state index in [0.29, 0.717) is 12.8 Å². The zero-order chi connectivity index (χ0) is 10.5. The number of hydrogen-bond donors (Lipinski definition) is 2. The first kappa shape index (κ1) is 12.6. The van der Waals surface area contributed by atoms with E-state index in [1.807, 2.05) is 13.8 Å². The Morgan fingerprint density at radius 1 is 1.31 bits per heavy atom. The van der Waals surface area contributed by atoms with E-state index in [-0.39, 0.29) is 5.31 Å². The van der Waals surface area contributed by atoms with Gasteiger partial charge in [-0.2, -0.15) is 0 Å². The predicted molar refractivity (Wildman–Crippen MR) is 54.5 cm³/mol. The summed E-state index contributed by atoms with van der Waals surface area (Å²) in [6.45, 7) is 5.48. The van der Waals surface area contributed by atoms with Gasteiger partial charge in [0.1, 0.15) is 0 Å². The van der Waals surface area contributed by atoms with E-state index in [0.717, 1.165) is 5.57 Å². The molecule has 2 N–H and O–H groups in total. The molecule has 0 aromatic rings. The maximum atomic E-state index is 11.0. The van der Waals surface area contributed by atoms with Crippen LogP contribution in [0, 0.1) is 0 Å². The fraction of sp³-hybridized carbons (Fsp3) is 0.556. The van der Waals surface area contributed by atoms with Crippen LogP contribution in [0.5, 0.6) is 0 Å². The largest absolute Gasteiger partial charge is 0.352 e. The molecule has 0 rings (SSSR count). The number of allylic oxidation sites excluding steroid dienone is 4. The van der Waals surface area contributed by atoms with Crippen molar-refractivity contribution < 1.29 is 14.4 Å². The van der Waals surface area contributed by atoms with Gasteiger partial charge in [-0.05, 0) is 25.3 Å². The quantitative estimate of drug-likeness (QED) is 0.546. The van der Waals surface area contributed by atoms with E-state index >= 15 is 0 Å².